The van der Waals surface area contributed by atoms with Gasteiger partial charge in [-0.2, -0.15) is 0 Å². The molecule has 0 radical (unpaired) electrons. The molecule has 0 aromatic heterocycles. The minimum absolute atomic E-state index is 0.306. The second kappa shape index (κ2) is 10.0. The highest BCUT2D eigenvalue weighted by Gasteiger charge is 2.36. The van der Waals surface area contributed by atoms with E-state index < -0.39 is 35.2 Å². The second-order valence-corrected chi connectivity index (χ2v) is 6.11. The van der Waals surface area contributed by atoms with Gasteiger partial charge in [-0.25, -0.2) is 4.79 Å². The molecule has 23 heavy (non-hydrogen) atoms. The number of alkyl carbamates (subject to hydrolysis) is 1. The van der Waals surface area contributed by atoms with Crippen molar-refractivity contribution in [3.8, 4) is 0 Å². The van der Waals surface area contributed by atoms with Gasteiger partial charge in [0.2, 0.25) is 5.91 Å². The zero-order chi connectivity index (χ0) is 18.8. The third-order valence-electron chi connectivity index (χ3n) is 2.60. The number of hydrogen-bond acceptors (Lipinski definition) is 7. The Labute approximate surface area is 137 Å². The van der Waals surface area contributed by atoms with Crippen LogP contribution in [0, 0.1) is 5.41 Å². The summed E-state index contributed by atoms with van der Waals surface area (Å²) in [6.07, 6.45) is -1.66. The van der Waals surface area contributed by atoms with Crippen LogP contribution in [0.15, 0.2) is 0 Å². The molecule has 0 saturated carbocycles. The number of rotatable bonds is 5. The van der Waals surface area contributed by atoms with E-state index in [-0.39, 0.29) is 6.54 Å². The van der Waals surface area contributed by atoms with Crippen LogP contribution in [0.25, 0.3) is 0 Å². The first kappa shape index (κ1) is 23.4. The van der Waals surface area contributed by atoms with Gasteiger partial charge in [0.1, 0.15) is 12.1 Å². The first-order valence-electron chi connectivity index (χ1n) is 7.08. The fourth-order valence-electron chi connectivity index (χ4n) is 1.26. The first-order valence-corrected chi connectivity index (χ1v) is 7.08. The van der Waals surface area contributed by atoms with Gasteiger partial charge in [-0.15, -0.1) is 0 Å². The van der Waals surface area contributed by atoms with Crippen molar-refractivity contribution in [2.75, 3.05) is 20.7 Å². The number of ether oxygens (including phenoxy) is 2. The molecular weight excluding hydrogens is 304 g/mol. The normalized spacial score (nSPS) is 12.2. The molecule has 0 aliphatic rings. The first-order chi connectivity index (χ1) is 10.4. The Morgan fingerprint density at radius 3 is 1.96 bits per heavy atom. The maximum atomic E-state index is 11.7. The molecule has 9 nitrogen and oxygen atoms in total. The average Bonchev–Trinajstić information content (AvgIpc) is 2.44. The van der Waals surface area contributed by atoms with Gasteiger partial charge in [0.05, 0.1) is 18.7 Å². The molecule has 2 amide bonds. The highest BCUT2D eigenvalue weighted by molar-refractivity contribution is 5.83. The predicted molar refractivity (Wildman–Crippen MR) is 86.3 cm³/mol. The van der Waals surface area contributed by atoms with Crippen molar-refractivity contribution in [1.82, 2.24) is 10.6 Å². The molecule has 0 heterocycles. The van der Waals surface area contributed by atoms with E-state index in [1.54, 1.807) is 34.6 Å². The predicted octanol–water partition coefficient (Wildman–Crippen LogP) is -0.314. The number of esters is 1. The van der Waals surface area contributed by atoms with E-state index in [1.165, 1.54) is 14.2 Å². The number of nitrogens with two attached hydrogens (primary N) is 2. The van der Waals surface area contributed by atoms with Gasteiger partial charge in [-0.1, -0.05) is 0 Å². The number of hydrogen-bond donors (Lipinski definition) is 4. The summed E-state index contributed by atoms with van der Waals surface area (Å²) in [6.45, 7) is 7.92. The third-order valence-corrected chi connectivity index (χ3v) is 2.60. The molecule has 0 spiro atoms. The Bertz CT molecular complexity index is 404. The minimum Gasteiger partial charge on any atom is -0.469 e. The van der Waals surface area contributed by atoms with E-state index in [4.69, 9.17) is 10.5 Å². The summed E-state index contributed by atoms with van der Waals surface area (Å²) in [5, 5.41) is 4.72. The topological polar surface area (TPSA) is 146 Å². The van der Waals surface area contributed by atoms with Crippen molar-refractivity contribution in [3.05, 3.63) is 0 Å². The molecule has 6 N–H and O–H groups in total. The summed E-state index contributed by atoms with van der Waals surface area (Å²) in [6, 6.07) is 0. The lowest BCUT2D eigenvalue weighted by molar-refractivity contribution is -0.152. The van der Waals surface area contributed by atoms with Crippen LogP contribution < -0.4 is 22.1 Å². The van der Waals surface area contributed by atoms with Crippen LogP contribution in [0.3, 0.4) is 0 Å². The molecule has 1 unspecified atom stereocenters. The van der Waals surface area contributed by atoms with Crippen molar-refractivity contribution in [2.45, 2.75) is 46.4 Å². The standard InChI is InChI=1S/C13H25N3O5.CH5N/c1-12(2,3)21-11(19)15-7-8(17)16-9(14)13(4,5)10(18)20-6;1-2/h9H,7,14H2,1-6H3,(H,15,19)(H,16,17);2H2,1H3. The molecule has 9 heteroatoms. The maximum absolute atomic E-state index is 11.7. The Balaban J connectivity index is 0. The summed E-state index contributed by atoms with van der Waals surface area (Å²) in [7, 11) is 2.74. The van der Waals surface area contributed by atoms with Crippen LogP contribution in [0.1, 0.15) is 34.6 Å². The van der Waals surface area contributed by atoms with Crippen LogP contribution in [-0.2, 0) is 19.1 Å². The Morgan fingerprint density at radius 1 is 1.09 bits per heavy atom. The van der Waals surface area contributed by atoms with Gasteiger partial charge in [-0.05, 0) is 41.7 Å². The van der Waals surface area contributed by atoms with Crippen molar-refractivity contribution >= 4 is 18.0 Å². The molecule has 0 aliphatic carbocycles. The lowest BCUT2D eigenvalue weighted by Gasteiger charge is -2.29. The molecule has 0 bridgehead atoms. The SMILES string of the molecule is CN.COC(=O)C(C)(C)C(N)NC(=O)CNC(=O)OC(C)(C)C. The minimum atomic E-state index is -1.09. The average molecular weight is 334 g/mol. The highest BCUT2D eigenvalue weighted by atomic mass is 16.6. The summed E-state index contributed by atoms with van der Waals surface area (Å²) in [5.74, 6) is -1.08. The summed E-state index contributed by atoms with van der Waals surface area (Å²) in [5.41, 5.74) is 8.52. The summed E-state index contributed by atoms with van der Waals surface area (Å²) in [4.78, 5) is 34.6. The van der Waals surface area contributed by atoms with Crippen LogP contribution in [0.2, 0.25) is 0 Å². The highest BCUT2D eigenvalue weighted by Crippen LogP contribution is 2.19. The second-order valence-electron chi connectivity index (χ2n) is 6.11. The summed E-state index contributed by atoms with van der Waals surface area (Å²) < 4.78 is 9.59. The molecular formula is C14H30N4O5. The molecule has 0 saturated heterocycles. The monoisotopic (exact) mass is 334 g/mol. The van der Waals surface area contributed by atoms with Gasteiger partial charge in [0.15, 0.2) is 0 Å². The van der Waals surface area contributed by atoms with E-state index in [2.05, 4.69) is 21.1 Å². The zero-order valence-electron chi connectivity index (χ0n) is 15.0. The van der Waals surface area contributed by atoms with Gasteiger partial charge < -0.3 is 31.6 Å². The van der Waals surface area contributed by atoms with Gasteiger partial charge in [0.25, 0.3) is 0 Å². The molecule has 0 rings (SSSR count). The van der Waals surface area contributed by atoms with E-state index in [0.29, 0.717) is 0 Å². The largest absolute Gasteiger partial charge is 0.469 e. The van der Waals surface area contributed by atoms with E-state index in [1.807, 2.05) is 0 Å². The lowest BCUT2D eigenvalue weighted by atomic mass is 9.90. The molecule has 0 fully saturated rings. The van der Waals surface area contributed by atoms with E-state index in [0.717, 1.165) is 0 Å². The van der Waals surface area contributed by atoms with Crippen molar-refractivity contribution < 1.29 is 23.9 Å². The number of nitrogens with one attached hydrogen (secondary N) is 2. The third kappa shape index (κ3) is 9.69. The number of carbonyl (C=O) groups is 3. The summed E-state index contributed by atoms with van der Waals surface area (Å²) >= 11 is 0. The number of amides is 2. The number of methoxy groups -OCH3 is 1. The smallest absolute Gasteiger partial charge is 0.408 e. The van der Waals surface area contributed by atoms with Crippen LogP contribution in [0.4, 0.5) is 4.79 Å². The van der Waals surface area contributed by atoms with Crippen molar-refractivity contribution in [3.63, 3.8) is 0 Å². The lowest BCUT2D eigenvalue weighted by Crippen LogP contribution is -2.56. The van der Waals surface area contributed by atoms with Crippen molar-refractivity contribution in [2.24, 2.45) is 16.9 Å². The van der Waals surface area contributed by atoms with Crippen LogP contribution in [-0.4, -0.2) is 50.4 Å². The Kier molecular flexibility index (Phi) is 10.2. The molecule has 0 aliphatic heterocycles. The van der Waals surface area contributed by atoms with Crippen molar-refractivity contribution in [1.29, 1.82) is 0 Å². The molecule has 0 aromatic carbocycles. The van der Waals surface area contributed by atoms with Gasteiger partial charge in [-0.3, -0.25) is 9.59 Å². The Hall–Kier alpha value is -1.87. The Morgan fingerprint density at radius 2 is 1.57 bits per heavy atom. The molecule has 1 atom stereocenters. The van der Waals surface area contributed by atoms with Gasteiger partial charge >= 0.3 is 12.1 Å². The fraction of sp³-hybridized carbons (Fsp3) is 0.786. The number of carbonyl (C=O) groups excluding carboxylic acids is 3. The van der Waals surface area contributed by atoms with Crippen LogP contribution >= 0.6 is 0 Å². The fourth-order valence-corrected chi connectivity index (χ4v) is 1.26. The maximum Gasteiger partial charge on any atom is 0.408 e. The zero-order valence-corrected chi connectivity index (χ0v) is 15.0. The van der Waals surface area contributed by atoms with E-state index >= 15 is 0 Å². The van der Waals surface area contributed by atoms with Crippen LogP contribution in [0.5, 0.6) is 0 Å². The molecule has 136 valence electrons. The van der Waals surface area contributed by atoms with E-state index in [9.17, 15) is 14.4 Å². The van der Waals surface area contributed by atoms with Gasteiger partial charge in [0, 0.05) is 0 Å². The quantitative estimate of drug-likeness (QED) is 0.398. The molecule has 0 aromatic rings.